The van der Waals surface area contributed by atoms with Crippen LogP contribution in [0.3, 0.4) is 0 Å². The summed E-state index contributed by atoms with van der Waals surface area (Å²) in [6.45, 7) is 4.36. The van der Waals surface area contributed by atoms with Crippen molar-refractivity contribution < 1.29 is 4.74 Å². The van der Waals surface area contributed by atoms with E-state index in [-0.39, 0.29) is 0 Å². The minimum absolute atomic E-state index is 0.523. The van der Waals surface area contributed by atoms with E-state index in [4.69, 9.17) is 4.74 Å². The molecular weight excluding hydrogens is 252 g/mol. The Bertz CT molecular complexity index is 545. The van der Waals surface area contributed by atoms with Crippen molar-refractivity contribution >= 4 is 0 Å². The van der Waals surface area contributed by atoms with Gasteiger partial charge in [-0.3, -0.25) is 4.98 Å². The summed E-state index contributed by atoms with van der Waals surface area (Å²) >= 11 is 0. The van der Waals surface area contributed by atoms with Gasteiger partial charge in [-0.25, -0.2) is 4.98 Å². The van der Waals surface area contributed by atoms with Gasteiger partial charge in [-0.15, -0.1) is 0 Å². The fraction of sp³-hybridized carbons (Fsp3) is 0.467. The van der Waals surface area contributed by atoms with Crippen LogP contribution in [0.25, 0.3) is 0 Å². The molecule has 0 radical (unpaired) electrons. The topological polar surface area (TPSA) is 52.0 Å². The van der Waals surface area contributed by atoms with E-state index in [0.29, 0.717) is 12.6 Å². The van der Waals surface area contributed by atoms with Crippen LogP contribution in [0, 0.1) is 0 Å². The first-order valence-electron chi connectivity index (χ1n) is 7.15. The summed E-state index contributed by atoms with van der Waals surface area (Å²) in [5.74, 6) is 0.795. The first kappa shape index (κ1) is 13.1. The van der Waals surface area contributed by atoms with Crippen LogP contribution in [0.1, 0.15) is 31.2 Å². The molecule has 0 saturated heterocycles. The van der Waals surface area contributed by atoms with Gasteiger partial charge in [-0.1, -0.05) is 0 Å². The molecule has 1 aliphatic carbocycles. The smallest absolute Gasteiger partial charge is 0.138 e. The molecule has 0 amide bonds. The Morgan fingerprint density at radius 2 is 2.25 bits per heavy atom. The first-order valence-corrected chi connectivity index (χ1v) is 7.15. The highest BCUT2D eigenvalue weighted by Gasteiger charge is 2.20. The van der Waals surface area contributed by atoms with Crippen molar-refractivity contribution in [3.8, 4) is 5.75 Å². The lowest BCUT2D eigenvalue weighted by Gasteiger charge is -2.08. The van der Waals surface area contributed by atoms with Gasteiger partial charge < -0.3 is 14.6 Å². The number of aryl methyl sites for hydroxylation is 1. The lowest BCUT2D eigenvalue weighted by molar-refractivity contribution is 0.294. The van der Waals surface area contributed by atoms with Gasteiger partial charge in [0.25, 0.3) is 0 Å². The molecule has 2 heterocycles. The number of pyridine rings is 1. The van der Waals surface area contributed by atoms with Crippen LogP contribution >= 0.6 is 0 Å². The maximum atomic E-state index is 5.74. The summed E-state index contributed by atoms with van der Waals surface area (Å²) in [7, 11) is 0. The van der Waals surface area contributed by atoms with E-state index >= 15 is 0 Å². The Labute approximate surface area is 119 Å². The second-order valence-electron chi connectivity index (χ2n) is 5.10. The van der Waals surface area contributed by atoms with E-state index in [0.717, 1.165) is 30.2 Å². The van der Waals surface area contributed by atoms with Crippen LogP contribution in [-0.4, -0.2) is 20.6 Å². The summed E-state index contributed by atoms with van der Waals surface area (Å²) in [6.07, 6.45) is 8.05. The van der Waals surface area contributed by atoms with Crippen molar-refractivity contribution in [3.05, 3.63) is 42.2 Å². The minimum Gasteiger partial charge on any atom is -0.486 e. The Balaban J connectivity index is 1.52. The molecule has 0 spiro atoms. The molecule has 20 heavy (non-hydrogen) atoms. The van der Waals surface area contributed by atoms with Crippen molar-refractivity contribution in [1.29, 1.82) is 0 Å². The van der Waals surface area contributed by atoms with Crippen molar-refractivity contribution in [2.24, 2.45) is 0 Å². The molecular formula is C15H20N4O. The molecule has 1 N–H and O–H groups in total. The van der Waals surface area contributed by atoms with Gasteiger partial charge in [0.05, 0.1) is 30.1 Å². The maximum absolute atomic E-state index is 5.74. The number of rotatable bonds is 7. The van der Waals surface area contributed by atoms with Crippen molar-refractivity contribution in [2.45, 2.75) is 45.5 Å². The van der Waals surface area contributed by atoms with Crippen LogP contribution in [0.2, 0.25) is 0 Å². The monoisotopic (exact) mass is 272 g/mol. The molecule has 1 aliphatic rings. The van der Waals surface area contributed by atoms with Gasteiger partial charge in [-0.2, -0.15) is 0 Å². The summed E-state index contributed by atoms with van der Waals surface area (Å²) in [6, 6.07) is 4.70. The number of imidazole rings is 1. The SMILES string of the molecule is CCn1cncc1COc1ccc(CNC2CC2)nc1. The van der Waals surface area contributed by atoms with E-state index < -0.39 is 0 Å². The highest BCUT2D eigenvalue weighted by Crippen LogP contribution is 2.19. The Morgan fingerprint density at radius 3 is 2.95 bits per heavy atom. The minimum atomic E-state index is 0.523. The second-order valence-corrected chi connectivity index (χ2v) is 5.10. The summed E-state index contributed by atoms with van der Waals surface area (Å²) in [5.41, 5.74) is 2.13. The molecule has 5 nitrogen and oxygen atoms in total. The zero-order valence-electron chi connectivity index (χ0n) is 11.7. The van der Waals surface area contributed by atoms with Crippen molar-refractivity contribution in [3.63, 3.8) is 0 Å². The van der Waals surface area contributed by atoms with Crippen molar-refractivity contribution in [2.75, 3.05) is 0 Å². The molecule has 1 fully saturated rings. The lowest BCUT2D eigenvalue weighted by Crippen LogP contribution is -2.16. The molecule has 0 aliphatic heterocycles. The lowest BCUT2D eigenvalue weighted by atomic mass is 10.3. The van der Waals surface area contributed by atoms with Crippen LogP contribution < -0.4 is 10.1 Å². The normalized spacial score (nSPS) is 14.4. The third kappa shape index (κ3) is 3.36. The number of hydrogen-bond donors (Lipinski definition) is 1. The molecule has 0 aromatic carbocycles. The summed E-state index contributed by atoms with van der Waals surface area (Å²) in [4.78, 5) is 8.54. The zero-order chi connectivity index (χ0) is 13.8. The highest BCUT2D eigenvalue weighted by atomic mass is 16.5. The maximum Gasteiger partial charge on any atom is 0.138 e. The van der Waals surface area contributed by atoms with Gasteiger partial charge in [0, 0.05) is 19.1 Å². The molecule has 0 atom stereocenters. The highest BCUT2D eigenvalue weighted by molar-refractivity contribution is 5.20. The first-order chi connectivity index (χ1) is 9.85. The predicted molar refractivity (Wildman–Crippen MR) is 76.3 cm³/mol. The Hall–Kier alpha value is -1.88. The molecule has 106 valence electrons. The largest absolute Gasteiger partial charge is 0.486 e. The number of nitrogens with zero attached hydrogens (tertiary/aromatic N) is 3. The van der Waals surface area contributed by atoms with Crippen LogP contribution in [0.15, 0.2) is 30.9 Å². The summed E-state index contributed by atoms with van der Waals surface area (Å²) in [5, 5.41) is 3.45. The van der Waals surface area contributed by atoms with Crippen LogP contribution in [0.5, 0.6) is 5.75 Å². The molecule has 3 rings (SSSR count). The van der Waals surface area contributed by atoms with E-state index in [1.165, 1.54) is 12.8 Å². The average molecular weight is 272 g/mol. The van der Waals surface area contributed by atoms with Gasteiger partial charge in [0.2, 0.25) is 0 Å². The molecule has 2 aromatic rings. The quantitative estimate of drug-likeness (QED) is 0.839. The van der Waals surface area contributed by atoms with Gasteiger partial charge in [0.1, 0.15) is 12.4 Å². The second kappa shape index (κ2) is 6.05. The standard InChI is InChI=1S/C15H20N4O/c1-2-19-11-16-8-14(19)10-20-15-6-5-13(18-9-15)7-17-12-3-4-12/h5-6,8-9,11-12,17H,2-4,7,10H2,1H3. The number of hydrogen-bond acceptors (Lipinski definition) is 4. The van der Waals surface area contributed by atoms with E-state index in [1.807, 2.05) is 24.7 Å². The van der Waals surface area contributed by atoms with E-state index in [1.54, 1.807) is 6.20 Å². The van der Waals surface area contributed by atoms with Crippen LogP contribution in [0.4, 0.5) is 0 Å². The van der Waals surface area contributed by atoms with Gasteiger partial charge >= 0.3 is 0 Å². The third-order valence-electron chi connectivity index (χ3n) is 3.47. The third-order valence-corrected chi connectivity index (χ3v) is 3.47. The van der Waals surface area contributed by atoms with Crippen LogP contribution in [-0.2, 0) is 19.7 Å². The molecule has 5 heteroatoms. The Morgan fingerprint density at radius 1 is 1.35 bits per heavy atom. The fourth-order valence-electron chi connectivity index (χ4n) is 2.05. The van der Waals surface area contributed by atoms with E-state index in [9.17, 15) is 0 Å². The predicted octanol–water partition coefficient (Wildman–Crippen LogP) is 2.13. The number of aromatic nitrogens is 3. The number of nitrogens with one attached hydrogen (secondary N) is 1. The van der Waals surface area contributed by atoms with Gasteiger partial charge in [0.15, 0.2) is 0 Å². The molecule has 0 unspecified atom stereocenters. The van der Waals surface area contributed by atoms with E-state index in [2.05, 4.69) is 26.8 Å². The fourth-order valence-corrected chi connectivity index (χ4v) is 2.05. The zero-order valence-corrected chi connectivity index (χ0v) is 11.7. The average Bonchev–Trinajstić information content (AvgIpc) is 3.21. The molecule has 0 bridgehead atoms. The number of ether oxygens (including phenoxy) is 1. The van der Waals surface area contributed by atoms with Crippen molar-refractivity contribution in [1.82, 2.24) is 19.9 Å². The summed E-state index contributed by atoms with van der Waals surface area (Å²) < 4.78 is 7.81. The molecule has 2 aromatic heterocycles. The van der Waals surface area contributed by atoms with Gasteiger partial charge in [-0.05, 0) is 31.9 Å². The Kier molecular flexibility index (Phi) is 3.97. The molecule has 1 saturated carbocycles.